The van der Waals surface area contributed by atoms with Crippen LogP contribution in [0, 0.1) is 11.3 Å². The minimum atomic E-state index is -0.917. The molecule has 0 saturated carbocycles. The second kappa shape index (κ2) is 18.9. The Balaban J connectivity index is 1.73. The summed E-state index contributed by atoms with van der Waals surface area (Å²) in [5, 5.41) is 19.3. The molecule has 1 aliphatic rings. The van der Waals surface area contributed by atoms with Crippen molar-refractivity contribution in [1.82, 2.24) is 10.6 Å². The number of ether oxygens (including phenoxy) is 3. The van der Waals surface area contributed by atoms with E-state index in [1.54, 1.807) is 24.3 Å². The molecule has 0 spiro atoms. The Hall–Kier alpha value is -5.11. The summed E-state index contributed by atoms with van der Waals surface area (Å²) < 4.78 is 16.8. The van der Waals surface area contributed by atoms with Gasteiger partial charge in [-0.05, 0) is 40.8 Å². The first-order valence-electron chi connectivity index (χ1n) is 15.5. The number of nitriles is 1. The van der Waals surface area contributed by atoms with Crippen molar-refractivity contribution in [3.63, 3.8) is 0 Å². The molecule has 0 bridgehead atoms. The Morgan fingerprint density at radius 1 is 1.00 bits per heavy atom. The summed E-state index contributed by atoms with van der Waals surface area (Å²) in [7, 11) is 1.49. The van der Waals surface area contributed by atoms with Gasteiger partial charge in [0.05, 0.1) is 60.8 Å². The normalized spacial score (nSPS) is 14.2. The number of esters is 1. The number of benzene rings is 3. The predicted octanol–water partition coefficient (Wildman–Crippen LogP) is 6.30. The molecule has 248 valence electrons. The molecule has 48 heavy (non-hydrogen) atoms. The summed E-state index contributed by atoms with van der Waals surface area (Å²) in [6.07, 6.45) is 0.611. The molecule has 1 amide bonds. The van der Waals surface area contributed by atoms with Crippen molar-refractivity contribution in [3.8, 4) is 6.07 Å². The van der Waals surface area contributed by atoms with E-state index in [0.717, 1.165) is 11.1 Å². The lowest BCUT2D eigenvalue weighted by Crippen LogP contribution is -2.40. The smallest absolute Gasteiger partial charge is 0.336 e. The first-order valence-corrected chi connectivity index (χ1v) is 15.8. The molecule has 4 rings (SSSR count). The van der Waals surface area contributed by atoms with Gasteiger partial charge in [0, 0.05) is 36.1 Å². The van der Waals surface area contributed by atoms with Gasteiger partial charge in [0.15, 0.2) is 0 Å². The highest BCUT2D eigenvalue weighted by atomic mass is 35.5. The number of nitrogens with one attached hydrogen (secondary N) is 2. The van der Waals surface area contributed by atoms with E-state index in [1.807, 2.05) is 42.5 Å². The molecule has 1 aliphatic heterocycles. The number of hydrogen-bond acceptors (Lipinski definition) is 8. The van der Waals surface area contributed by atoms with E-state index in [0.29, 0.717) is 34.9 Å². The van der Waals surface area contributed by atoms with Crippen LogP contribution < -0.4 is 10.6 Å². The molecule has 0 radical (unpaired) electrons. The summed E-state index contributed by atoms with van der Waals surface area (Å²) in [6.45, 7) is 0.339. The van der Waals surface area contributed by atoms with Crippen molar-refractivity contribution in [3.05, 3.63) is 140 Å². The lowest BCUT2D eigenvalue weighted by Gasteiger charge is -2.33. The molecule has 3 aromatic carbocycles. The number of halogens is 1. The van der Waals surface area contributed by atoms with Gasteiger partial charge in [-0.15, -0.1) is 0 Å². The van der Waals surface area contributed by atoms with Gasteiger partial charge in [-0.2, -0.15) is 5.26 Å². The minimum absolute atomic E-state index is 0.00530. The Morgan fingerprint density at radius 2 is 1.69 bits per heavy atom. The molecule has 1 heterocycles. The van der Waals surface area contributed by atoms with E-state index >= 15 is 0 Å². The van der Waals surface area contributed by atoms with Gasteiger partial charge < -0.3 is 24.8 Å². The fourth-order valence-corrected chi connectivity index (χ4v) is 5.82. The number of methoxy groups -OCH3 is 1. The monoisotopic (exact) mass is 668 g/mol. The SMILES string of the molecule is COCC1=C(C(=O)OCCC#N)C(c2cccc(Cl)c2)C(C(=O)NCCC(c2ccccc2)c2ccccc2)=C(COCCN=[N+]=[N-])N1. The van der Waals surface area contributed by atoms with E-state index in [4.69, 9.17) is 36.6 Å². The van der Waals surface area contributed by atoms with Gasteiger partial charge in [0.1, 0.15) is 6.61 Å². The number of rotatable bonds is 17. The van der Waals surface area contributed by atoms with Gasteiger partial charge in [-0.1, -0.05) is 89.5 Å². The summed E-state index contributed by atoms with van der Waals surface area (Å²) in [5.41, 5.74) is 12.7. The zero-order valence-electron chi connectivity index (χ0n) is 26.6. The van der Waals surface area contributed by atoms with Crippen molar-refractivity contribution >= 4 is 23.5 Å². The van der Waals surface area contributed by atoms with Crippen molar-refractivity contribution in [2.45, 2.75) is 24.7 Å². The highest BCUT2D eigenvalue weighted by molar-refractivity contribution is 6.30. The van der Waals surface area contributed by atoms with Crippen LogP contribution in [-0.4, -0.2) is 58.5 Å². The maximum Gasteiger partial charge on any atom is 0.336 e. The second-order valence-corrected chi connectivity index (χ2v) is 11.2. The average Bonchev–Trinajstić information content (AvgIpc) is 3.10. The Kier molecular flexibility index (Phi) is 14.1. The maximum absolute atomic E-state index is 14.3. The first-order chi connectivity index (χ1) is 23.5. The Labute approximate surface area is 284 Å². The Morgan fingerprint density at radius 3 is 2.31 bits per heavy atom. The van der Waals surface area contributed by atoms with Crippen molar-refractivity contribution in [1.29, 1.82) is 5.26 Å². The fraction of sp³-hybridized carbons (Fsp3) is 0.306. The maximum atomic E-state index is 14.3. The summed E-state index contributed by atoms with van der Waals surface area (Å²) in [6, 6.07) is 29.1. The number of carbonyl (C=O) groups excluding carboxylic acids is 2. The quantitative estimate of drug-likeness (QED) is 0.0561. The predicted molar refractivity (Wildman–Crippen MR) is 182 cm³/mol. The number of amides is 1. The van der Waals surface area contributed by atoms with E-state index < -0.39 is 17.8 Å². The van der Waals surface area contributed by atoms with Gasteiger partial charge in [-0.3, -0.25) is 4.79 Å². The van der Waals surface area contributed by atoms with E-state index in [-0.39, 0.29) is 56.5 Å². The van der Waals surface area contributed by atoms with Crippen LogP contribution in [0.4, 0.5) is 0 Å². The average molecular weight is 669 g/mol. The van der Waals surface area contributed by atoms with Crippen LogP contribution >= 0.6 is 11.6 Å². The van der Waals surface area contributed by atoms with Crippen LogP contribution in [0.5, 0.6) is 0 Å². The lowest BCUT2D eigenvalue weighted by molar-refractivity contribution is -0.139. The molecule has 1 unspecified atom stereocenters. The van der Waals surface area contributed by atoms with Crippen LogP contribution in [0.25, 0.3) is 10.4 Å². The summed E-state index contributed by atoms with van der Waals surface area (Å²) >= 11 is 6.43. The largest absolute Gasteiger partial charge is 0.461 e. The van der Waals surface area contributed by atoms with Crippen LogP contribution in [0.1, 0.15) is 41.4 Å². The van der Waals surface area contributed by atoms with E-state index in [2.05, 4.69) is 44.9 Å². The van der Waals surface area contributed by atoms with E-state index in [9.17, 15) is 9.59 Å². The highest BCUT2D eigenvalue weighted by Gasteiger charge is 2.39. The molecule has 2 N–H and O–H groups in total. The molecule has 0 fully saturated rings. The number of dihydropyridines is 1. The first kappa shape index (κ1) is 35.7. The second-order valence-electron chi connectivity index (χ2n) is 10.8. The molecule has 3 aromatic rings. The number of carbonyl (C=O) groups is 2. The minimum Gasteiger partial charge on any atom is -0.461 e. The third-order valence-electron chi connectivity index (χ3n) is 7.68. The third kappa shape index (κ3) is 9.70. The highest BCUT2D eigenvalue weighted by Crippen LogP contribution is 2.40. The van der Waals surface area contributed by atoms with Crippen LogP contribution in [0.15, 0.2) is 113 Å². The van der Waals surface area contributed by atoms with E-state index in [1.165, 1.54) is 7.11 Å². The van der Waals surface area contributed by atoms with Gasteiger partial charge in [0.25, 0.3) is 0 Å². The molecule has 0 saturated heterocycles. The summed E-state index contributed by atoms with van der Waals surface area (Å²) in [4.78, 5) is 30.8. The standard InChI is InChI=1S/C36H37ClN6O5/c1-46-23-30-34(36(45)48-20-9-17-38)32(27-14-8-15-28(37)22-27)33(31(42-30)24-47-21-19-41-43-39)35(44)40-18-16-29(25-10-4-2-5-11-25)26-12-6-3-7-13-26/h2-8,10-15,22,29,32,42H,9,16,18-21,23-24H2,1H3,(H,40,44). The lowest BCUT2D eigenvalue weighted by atomic mass is 9.79. The molecular weight excluding hydrogens is 632 g/mol. The Bertz CT molecular complexity index is 1660. The van der Waals surface area contributed by atoms with Crippen LogP contribution in [0.2, 0.25) is 5.02 Å². The molecule has 1 atom stereocenters. The fourth-order valence-electron chi connectivity index (χ4n) is 5.62. The summed E-state index contributed by atoms with van der Waals surface area (Å²) in [5.74, 6) is -2.01. The topological polar surface area (TPSA) is 158 Å². The molecule has 0 aliphatic carbocycles. The molecular formula is C36H37ClN6O5. The zero-order valence-corrected chi connectivity index (χ0v) is 27.4. The van der Waals surface area contributed by atoms with Crippen molar-refractivity contribution in [2.24, 2.45) is 5.11 Å². The van der Waals surface area contributed by atoms with Gasteiger partial charge in [0.2, 0.25) is 5.91 Å². The molecule has 12 heteroatoms. The number of nitrogens with zero attached hydrogens (tertiary/aromatic N) is 4. The van der Waals surface area contributed by atoms with Crippen molar-refractivity contribution in [2.75, 3.05) is 46.6 Å². The number of hydrogen-bond donors (Lipinski definition) is 2. The number of azide groups is 1. The third-order valence-corrected chi connectivity index (χ3v) is 7.91. The van der Waals surface area contributed by atoms with Crippen molar-refractivity contribution < 1.29 is 23.8 Å². The molecule has 11 nitrogen and oxygen atoms in total. The van der Waals surface area contributed by atoms with Crippen LogP contribution in [-0.2, 0) is 23.8 Å². The zero-order chi connectivity index (χ0) is 34.1. The van der Waals surface area contributed by atoms with Gasteiger partial charge in [-0.25, -0.2) is 4.79 Å². The van der Waals surface area contributed by atoms with Gasteiger partial charge >= 0.3 is 5.97 Å². The van der Waals surface area contributed by atoms with Crippen LogP contribution in [0.3, 0.4) is 0 Å². The molecule has 0 aromatic heterocycles.